The SMILES string of the molecule is CNC(=O)CCN(C)C(=O)C1CCCC(N)C1C. The summed E-state index contributed by atoms with van der Waals surface area (Å²) in [5.41, 5.74) is 6.02. The maximum Gasteiger partial charge on any atom is 0.225 e. The van der Waals surface area contributed by atoms with Crippen molar-refractivity contribution in [2.45, 2.75) is 38.6 Å². The van der Waals surface area contributed by atoms with Crippen LogP contribution < -0.4 is 11.1 Å². The number of amides is 2. The summed E-state index contributed by atoms with van der Waals surface area (Å²) < 4.78 is 0. The number of nitrogens with zero attached hydrogens (tertiary/aromatic N) is 1. The molecule has 0 aliphatic heterocycles. The molecule has 1 saturated carbocycles. The summed E-state index contributed by atoms with van der Waals surface area (Å²) in [5.74, 6) is 0.335. The van der Waals surface area contributed by atoms with E-state index in [1.165, 1.54) is 0 Å². The van der Waals surface area contributed by atoms with Gasteiger partial charge >= 0.3 is 0 Å². The van der Waals surface area contributed by atoms with E-state index >= 15 is 0 Å². The smallest absolute Gasteiger partial charge is 0.225 e. The van der Waals surface area contributed by atoms with Crippen LogP contribution in [0.4, 0.5) is 0 Å². The first-order valence-electron chi connectivity index (χ1n) is 6.68. The molecule has 0 bridgehead atoms. The van der Waals surface area contributed by atoms with Crippen LogP contribution in [0.25, 0.3) is 0 Å². The van der Waals surface area contributed by atoms with E-state index < -0.39 is 0 Å². The Balaban J connectivity index is 2.49. The van der Waals surface area contributed by atoms with Crippen LogP contribution in [0.1, 0.15) is 32.6 Å². The van der Waals surface area contributed by atoms with Crippen molar-refractivity contribution in [3.05, 3.63) is 0 Å². The van der Waals surface area contributed by atoms with Crippen LogP contribution in [-0.2, 0) is 9.59 Å². The first-order valence-corrected chi connectivity index (χ1v) is 6.68. The molecule has 0 heterocycles. The Morgan fingerprint density at radius 2 is 2.06 bits per heavy atom. The predicted octanol–water partition coefficient (Wildman–Crippen LogP) is 0.344. The minimum absolute atomic E-state index is 0.0171. The van der Waals surface area contributed by atoms with Crippen LogP contribution in [0.5, 0.6) is 0 Å². The van der Waals surface area contributed by atoms with E-state index in [4.69, 9.17) is 5.73 Å². The molecule has 2 amide bonds. The van der Waals surface area contributed by atoms with Crippen LogP contribution in [-0.4, -0.2) is 43.4 Å². The molecule has 3 atom stereocenters. The summed E-state index contributed by atoms with van der Waals surface area (Å²) in [4.78, 5) is 25.1. The number of carbonyl (C=O) groups is 2. The van der Waals surface area contributed by atoms with Gasteiger partial charge in [0.15, 0.2) is 0 Å². The fourth-order valence-electron chi connectivity index (χ4n) is 2.53. The zero-order chi connectivity index (χ0) is 13.7. The van der Waals surface area contributed by atoms with Crippen molar-refractivity contribution in [2.24, 2.45) is 17.6 Å². The highest BCUT2D eigenvalue weighted by molar-refractivity contribution is 5.80. The van der Waals surface area contributed by atoms with Crippen LogP contribution in [0, 0.1) is 11.8 Å². The number of rotatable bonds is 4. The van der Waals surface area contributed by atoms with E-state index in [0.29, 0.717) is 13.0 Å². The minimum Gasteiger partial charge on any atom is -0.359 e. The fraction of sp³-hybridized carbons (Fsp3) is 0.846. The number of hydrogen-bond donors (Lipinski definition) is 2. The zero-order valence-electron chi connectivity index (χ0n) is 11.6. The topological polar surface area (TPSA) is 75.4 Å². The Morgan fingerprint density at radius 1 is 1.39 bits per heavy atom. The van der Waals surface area contributed by atoms with Crippen molar-refractivity contribution in [2.75, 3.05) is 20.6 Å². The van der Waals surface area contributed by atoms with Gasteiger partial charge in [-0.25, -0.2) is 0 Å². The summed E-state index contributed by atoms with van der Waals surface area (Å²) in [6.07, 6.45) is 3.29. The summed E-state index contributed by atoms with van der Waals surface area (Å²) >= 11 is 0. The van der Waals surface area contributed by atoms with Gasteiger partial charge < -0.3 is 16.0 Å². The van der Waals surface area contributed by atoms with Gasteiger partial charge in [0.2, 0.25) is 11.8 Å². The van der Waals surface area contributed by atoms with Crippen molar-refractivity contribution in [1.82, 2.24) is 10.2 Å². The molecular weight excluding hydrogens is 230 g/mol. The van der Waals surface area contributed by atoms with Crippen LogP contribution in [0.3, 0.4) is 0 Å². The average Bonchev–Trinajstić information content (AvgIpc) is 2.37. The molecule has 1 aliphatic carbocycles. The summed E-state index contributed by atoms with van der Waals surface area (Å²) in [5, 5.41) is 2.56. The van der Waals surface area contributed by atoms with E-state index in [1.54, 1.807) is 19.0 Å². The van der Waals surface area contributed by atoms with Crippen molar-refractivity contribution in [3.8, 4) is 0 Å². The van der Waals surface area contributed by atoms with Crippen molar-refractivity contribution in [3.63, 3.8) is 0 Å². The van der Waals surface area contributed by atoms with E-state index in [1.807, 2.05) is 0 Å². The van der Waals surface area contributed by atoms with Crippen molar-refractivity contribution >= 4 is 11.8 Å². The van der Waals surface area contributed by atoms with Crippen LogP contribution >= 0.6 is 0 Å². The number of carbonyl (C=O) groups excluding carboxylic acids is 2. The third-order valence-corrected chi connectivity index (χ3v) is 4.01. The van der Waals surface area contributed by atoms with Gasteiger partial charge in [0.05, 0.1) is 0 Å². The molecule has 1 aliphatic rings. The second-order valence-corrected chi connectivity index (χ2v) is 5.24. The highest BCUT2D eigenvalue weighted by Crippen LogP contribution is 2.30. The summed E-state index contributed by atoms with van der Waals surface area (Å²) in [7, 11) is 3.37. The molecule has 3 N–H and O–H groups in total. The lowest BCUT2D eigenvalue weighted by molar-refractivity contribution is -0.137. The molecule has 0 aromatic heterocycles. The van der Waals surface area contributed by atoms with Crippen LogP contribution in [0.15, 0.2) is 0 Å². The molecular formula is C13H25N3O2. The molecule has 5 heteroatoms. The molecule has 3 unspecified atom stereocenters. The highest BCUT2D eigenvalue weighted by atomic mass is 16.2. The van der Waals surface area contributed by atoms with Gasteiger partial charge in [-0.05, 0) is 18.8 Å². The van der Waals surface area contributed by atoms with Gasteiger partial charge in [-0.3, -0.25) is 9.59 Å². The zero-order valence-corrected chi connectivity index (χ0v) is 11.6. The lowest BCUT2D eigenvalue weighted by Gasteiger charge is -2.35. The van der Waals surface area contributed by atoms with E-state index in [-0.39, 0.29) is 29.7 Å². The monoisotopic (exact) mass is 255 g/mol. The number of nitrogens with one attached hydrogen (secondary N) is 1. The van der Waals surface area contributed by atoms with Gasteiger partial charge in [-0.15, -0.1) is 0 Å². The lowest BCUT2D eigenvalue weighted by Crippen LogP contribution is -2.45. The second-order valence-electron chi connectivity index (χ2n) is 5.24. The first-order chi connectivity index (χ1) is 8.47. The number of hydrogen-bond acceptors (Lipinski definition) is 3. The molecule has 0 aromatic carbocycles. The Morgan fingerprint density at radius 3 is 2.67 bits per heavy atom. The van der Waals surface area contributed by atoms with Gasteiger partial charge in [-0.1, -0.05) is 13.3 Å². The van der Waals surface area contributed by atoms with Gasteiger partial charge in [-0.2, -0.15) is 0 Å². The van der Waals surface area contributed by atoms with Crippen LogP contribution in [0.2, 0.25) is 0 Å². The quantitative estimate of drug-likeness (QED) is 0.761. The number of nitrogens with two attached hydrogens (primary N) is 1. The van der Waals surface area contributed by atoms with Gasteiger partial charge in [0.1, 0.15) is 0 Å². The Labute approximate surface area is 109 Å². The third kappa shape index (κ3) is 3.70. The normalized spacial score (nSPS) is 27.7. The van der Waals surface area contributed by atoms with E-state index in [9.17, 15) is 9.59 Å². The molecule has 0 spiro atoms. The first kappa shape index (κ1) is 15.0. The molecule has 18 heavy (non-hydrogen) atoms. The molecule has 0 radical (unpaired) electrons. The molecule has 0 saturated heterocycles. The van der Waals surface area contributed by atoms with E-state index in [0.717, 1.165) is 19.3 Å². The maximum atomic E-state index is 12.3. The van der Waals surface area contributed by atoms with Gasteiger partial charge in [0, 0.05) is 39.0 Å². The molecule has 5 nitrogen and oxygen atoms in total. The summed E-state index contributed by atoms with van der Waals surface area (Å²) in [6, 6.07) is 0.125. The Kier molecular flexibility index (Phi) is 5.59. The van der Waals surface area contributed by atoms with Gasteiger partial charge in [0.25, 0.3) is 0 Å². The lowest BCUT2D eigenvalue weighted by atomic mass is 9.76. The van der Waals surface area contributed by atoms with Crippen molar-refractivity contribution < 1.29 is 9.59 Å². The average molecular weight is 255 g/mol. The molecule has 1 rings (SSSR count). The highest BCUT2D eigenvalue weighted by Gasteiger charge is 2.34. The standard InChI is InChI=1S/C13H25N3O2/c1-9-10(5-4-6-11(9)14)13(18)16(3)8-7-12(17)15-2/h9-11H,4-8,14H2,1-3H3,(H,15,17). The Bertz CT molecular complexity index is 307. The molecule has 1 fully saturated rings. The molecule has 104 valence electrons. The van der Waals surface area contributed by atoms with Crippen molar-refractivity contribution in [1.29, 1.82) is 0 Å². The third-order valence-electron chi connectivity index (χ3n) is 4.01. The predicted molar refractivity (Wildman–Crippen MR) is 70.8 cm³/mol. The fourth-order valence-corrected chi connectivity index (χ4v) is 2.53. The Hall–Kier alpha value is -1.10. The largest absolute Gasteiger partial charge is 0.359 e. The summed E-state index contributed by atoms with van der Waals surface area (Å²) in [6.45, 7) is 2.52. The van der Waals surface area contributed by atoms with E-state index in [2.05, 4.69) is 12.2 Å². The molecule has 0 aromatic rings. The second kappa shape index (κ2) is 6.73. The minimum atomic E-state index is -0.0388. The maximum absolute atomic E-state index is 12.3.